The molecule has 0 aliphatic heterocycles. The van der Waals surface area contributed by atoms with Crippen LogP contribution in [0.15, 0.2) is 22.3 Å². The first-order chi connectivity index (χ1) is 11.0. The number of hydrogen-bond donors (Lipinski definition) is 0. The van der Waals surface area contributed by atoms with E-state index in [0.29, 0.717) is 5.69 Å². The highest BCUT2D eigenvalue weighted by Crippen LogP contribution is 2.24. The van der Waals surface area contributed by atoms with E-state index in [9.17, 15) is 21.6 Å². The zero-order valence-corrected chi connectivity index (χ0v) is 14.1. The lowest BCUT2D eigenvalue weighted by Crippen LogP contribution is -2.16. The third-order valence-electron chi connectivity index (χ3n) is 2.91. The average molecular weight is 363 g/mol. The lowest BCUT2D eigenvalue weighted by atomic mass is 10.1. The van der Waals surface area contributed by atoms with Crippen molar-refractivity contribution in [3.05, 3.63) is 23.5 Å². The first kappa shape index (κ1) is 19.9. The van der Waals surface area contributed by atoms with Crippen LogP contribution >= 0.6 is 0 Å². The molecular weight excluding hydrogens is 347 g/mol. The summed E-state index contributed by atoms with van der Waals surface area (Å²) in [6, 6.07) is 2.75. The van der Waals surface area contributed by atoms with Gasteiger partial charge >= 0.3 is 6.18 Å². The molecule has 0 fully saturated rings. The van der Waals surface area contributed by atoms with Crippen LogP contribution < -0.4 is 0 Å². The van der Waals surface area contributed by atoms with Crippen molar-refractivity contribution in [1.82, 2.24) is 4.98 Å². The number of hydrogen-bond acceptors (Lipinski definition) is 6. The van der Waals surface area contributed by atoms with Crippen LogP contribution in [0.4, 0.5) is 13.2 Å². The van der Waals surface area contributed by atoms with Crippen LogP contribution in [-0.4, -0.2) is 37.6 Å². The maximum atomic E-state index is 12.2. The van der Waals surface area contributed by atoms with Crippen molar-refractivity contribution in [1.29, 1.82) is 5.26 Å². The monoisotopic (exact) mass is 363 g/mol. The Bertz CT molecular complexity index is 766. The Kier molecular flexibility index (Phi) is 6.31. The number of sulfone groups is 1. The number of oxime groups is 1. The third-order valence-corrected chi connectivity index (χ3v) is 4.66. The minimum Gasteiger partial charge on any atom is -0.385 e. The van der Waals surface area contributed by atoms with E-state index in [4.69, 9.17) is 5.26 Å². The zero-order valence-electron chi connectivity index (χ0n) is 13.3. The molecular formula is C14H16F3N3O3S. The average Bonchev–Trinajstić information content (AvgIpc) is 2.50. The summed E-state index contributed by atoms with van der Waals surface area (Å²) in [4.78, 5) is 8.05. The van der Waals surface area contributed by atoms with Gasteiger partial charge in [0, 0.05) is 11.8 Å². The Labute approximate surface area is 137 Å². The van der Waals surface area contributed by atoms with Crippen molar-refractivity contribution in [3.63, 3.8) is 0 Å². The molecule has 1 heterocycles. The van der Waals surface area contributed by atoms with Crippen molar-refractivity contribution in [3.8, 4) is 6.07 Å². The minimum absolute atomic E-state index is 0.0314. The highest BCUT2D eigenvalue weighted by atomic mass is 32.2. The zero-order chi connectivity index (χ0) is 18.5. The Morgan fingerprint density at radius 1 is 1.46 bits per heavy atom. The molecule has 0 aromatic carbocycles. The first-order valence-electron chi connectivity index (χ1n) is 6.91. The van der Waals surface area contributed by atoms with Crippen molar-refractivity contribution >= 4 is 15.5 Å². The van der Waals surface area contributed by atoms with Gasteiger partial charge in [0.1, 0.15) is 6.07 Å². The maximum absolute atomic E-state index is 12.2. The highest BCUT2D eigenvalue weighted by molar-refractivity contribution is 7.91. The van der Waals surface area contributed by atoms with Gasteiger partial charge < -0.3 is 4.84 Å². The van der Waals surface area contributed by atoms with Crippen LogP contribution in [-0.2, 0) is 14.7 Å². The van der Waals surface area contributed by atoms with Gasteiger partial charge in [0.2, 0.25) is 6.61 Å². The number of rotatable bonds is 6. The van der Waals surface area contributed by atoms with E-state index in [2.05, 4.69) is 15.0 Å². The Morgan fingerprint density at radius 2 is 2.08 bits per heavy atom. The molecule has 0 amide bonds. The third kappa shape index (κ3) is 5.19. The van der Waals surface area contributed by atoms with E-state index in [1.165, 1.54) is 19.2 Å². The van der Waals surface area contributed by atoms with Gasteiger partial charge in [-0.2, -0.15) is 18.4 Å². The van der Waals surface area contributed by atoms with Crippen molar-refractivity contribution < 1.29 is 26.4 Å². The Hall–Kier alpha value is -2.15. The van der Waals surface area contributed by atoms with E-state index in [-0.39, 0.29) is 22.1 Å². The molecule has 0 atom stereocenters. The molecule has 1 aromatic heterocycles. The predicted octanol–water partition coefficient (Wildman–Crippen LogP) is 2.81. The standard InChI is InChI=1S/C14H16F3N3O3S/c1-4-24(21,22)12-5-10(7-19-13(12)9(2)3)11(6-18)20-23-8-14(15,16)17/h5,7,9H,4,8H2,1-3H3/b20-11+. The Balaban J connectivity index is 3.32. The van der Waals surface area contributed by atoms with Gasteiger partial charge in [-0.05, 0) is 12.0 Å². The number of halogens is 3. The molecule has 1 rings (SSSR count). The number of aromatic nitrogens is 1. The quantitative estimate of drug-likeness (QED) is 0.572. The van der Waals surface area contributed by atoms with Gasteiger partial charge in [-0.15, -0.1) is 0 Å². The smallest absolute Gasteiger partial charge is 0.385 e. The molecule has 24 heavy (non-hydrogen) atoms. The lowest BCUT2D eigenvalue weighted by Gasteiger charge is -2.12. The predicted molar refractivity (Wildman–Crippen MR) is 80.2 cm³/mol. The molecule has 10 heteroatoms. The summed E-state index contributed by atoms with van der Waals surface area (Å²) in [6.07, 6.45) is -3.41. The van der Waals surface area contributed by atoms with Crippen LogP contribution in [0, 0.1) is 11.3 Å². The number of nitriles is 1. The van der Waals surface area contributed by atoms with E-state index >= 15 is 0 Å². The summed E-state index contributed by atoms with van der Waals surface area (Å²) in [5, 5.41) is 12.1. The van der Waals surface area contributed by atoms with Crippen LogP contribution in [0.3, 0.4) is 0 Å². The summed E-state index contributed by atoms with van der Waals surface area (Å²) in [5.74, 6) is -0.374. The molecule has 0 saturated carbocycles. The molecule has 0 aliphatic rings. The lowest BCUT2D eigenvalue weighted by molar-refractivity contribution is -0.173. The molecule has 0 N–H and O–H groups in total. The largest absolute Gasteiger partial charge is 0.425 e. The van der Waals surface area contributed by atoms with Crippen LogP contribution in [0.2, 0.25) is 0 Å². The summed E-state index contributed by atoms with van der Waals surface area (Å²) < 4.78 is 60.5. The molecule has 0 radical (unpaired) electrons. The molecule has 6 nitrogen and oxygen atoms in total. The fourth-order valence-corrected chi connectivity index (χ4v) is 2.96. The highest BCUT2D eigenvalue weighted by Gasteiger charge is 2.29. The van der Waals surface area contributed by atoms with Gasteiger partial charge in [0.05, 0.1) is 16.3 Å². The molecule has 0 unspecified atom stereocenters. The van der Waals surface area contributed by atoms with E-state index in [0.717, 1.165) is 0 Å². The van der Waals surface area contributed by atoms with E-state index < -0.39 is 28.3 Å². The van der Waals surface area contributed by atoms with Gasteiger partial charge in [0.25, 0.3) is 0 Å². The second-order valence-electron chi connectivity index (χ2n) is 5.11. The fourth-order valence-electron chi connectivity index (χ4n) is 1.73. The number of nitrogens with zero attached hydrogens (tertiary/aromatic N) is 3. The molecule has 132 valence electrons. The van der Waals surface area contributed by atoms with Crippen LogP contribution in [0.1, 0.15) is 37.9 Å². The van der Waals surface area contributed by atoms with Gasteiger partial charge in [0.15, 0.2) is 15.5 Å². The Morgan fingerprint density at radius 3 is 2.54 bits per heavy atom. The molecule has 0 bridgehead atoms. The van der Waals surface area contributed by atoms with Crippen molar-refractivity contribution in [2.45, 2.75) is 37.8 Å². The number of pyridine rings is 1. The normalized spacial score (nSPS) is 13.0. The molecule has 1 aromatic rings. The summed E-state index contributed by atoms with van der Waals surface area (Å²) >= 11 is 0. The van der Waals surface area contributed by atoms with E-state index in [1.807, 2.05) is 0 Å². The topological polar surface area (TPSA) is 92.4 Å². The van der Waals surface area contributed by atoms with Gasteiger partial charge in [-0.3, -0.25) is 4.98 Å². The first-order valence-corrected chi connectivity index (χ1v) is 8.57. The SMILES string of the molecule is CCS(=O)(=O)c1cc(/C(C#N)=N/OCC(F)(F)F)cnc1C(C)C. The van der Waals surface area contributed by atoms with Gasteiger partial charge in [-0.25, -0.2) is 8.42 Å². The maximum Gasteiger partial charge on any atom is 0.425 e. The summed E-state index contributed by atoms with van der Waals surface area (Å²) in [6.45, 7) is 3.30. The van der Waals surface area contributed by atoms with E-state index in [1.54, 1.807) is 19.9 Å². The second kappa shape index (κ2) is 7.61. The number of alkyl halides is 3. The van der Waals surface area contributed by atoms with Crippen LogP contribution in [0.5, 0.6) is 0 Å². The van der Waals surface area contributed by atoms with Crippen molar-refractivity contribution in [2.75, 3.05) is 12.4 Å². The van der Waals surface area contributed by atoms with Gasteiger partial charge in [-0.1, -0.05) is 25.9 Å². The summed E-state index contributed by atoms with van der Waals surface area (Å²) in [7, 11) is -3.63. The summed E-state index contributed by atoms with van der Waals surface area (Å²) in [5.41, 5.74) is -0.209. The fraction of sp³-hybridized carbons (Fsp3) is 0.500. The molecule has 0 spiro atoms. The minimum atomic E-state index is -4.60. The van der Waals surface area contributed by atoms with Crippen molar-refractivity contribution in [2.24, 2.45) is 5.16 Å². The second-order valence-corrected chi connectivity index (χ2v) is 7.35. The molecule has 0 aliphatic carbocycles. The molecule has 0 saturated heterocycles. The van der Waals surface area contributed by atoms with Crippen LogP contribution in [0.25, 0.3) is 0 Å².